The Morgan fingerprint density at radius 2 is 1.39 bits per heavy atom. The van der Waals surface area contributed by atoms with Gasteiger partial charge in [-0.25, -0.2) is 8.42 Å². The molecule has 3 rings (SSSR count). The van der Waals surface area contributed by atoms with Gasteiger partial charge in [-0.2, -0.15) is 0 Å². The zero-order valence-corrected chi connectivity index (χ0v) is 18.9. The number of carbonyl (C=O) groups is 1. The van der Waals surface area contributed by atoms with E-state index in [1.807, 2.05) is 0 Å². The molecule has 0 aliphatic rings. The molecular weight excluding hydrogens is 532 g/mol. The first-order chi connectivity index (χ1) is 13.2. The molecule has 0 bridgehead atoms. The van der Waals surface area contributed by atoms with Gasteiger partial charge in [-0.3, -0.25) is 9.52 Å². The third-order valence-electron chi connectivity index (χ3n) is 3.67. The smallest absolute Gasteiger partial charge is 0.262 e. The number of amides is 1. The van der Waals surface area contributed by atoms with Gasteiger partial charge in [0.05, 0.1) is 5.56 Å². The third-order valence-corrected chi connectivity index (χ3v) is 6.39. The van der Waals surface area contributed by atoms with E-state index in [1.54, 1.807) is 54.6 Å². The summed E-state index contributed by atoms with van der Waals surface area (Å²) in [5.74, 6) is -0.542. The lowest BCUT2D eigenvalue weighted by atomic mass is 10.2. The molecule has 1 amide bonds. The van der Waals surface area contributed by atoms with E-state index in [0.29, 0.717) is 20.9 Å². The lowest BCUT2D eigenvalue weighted by Crippen LogP contribution is -2.20. The van der Waals surface area contributed by atoms with E-state index in [0.717, 1.165) is 4.47 Å². The summed E-state index contributed by atoms with van der Waals surface area (Å²) in [6.45, 7) is 0. The number of rotatable bonds is 5. The topological polar surface area (TPSA) is 75.3 Å². The van der Waals surface area contributed by atoms with E-state index < -0.39 is 15.9 Å². The number of nitrogens with one attached hydrogen (secondary N) is 2. The zero-order valence-electron chi connectivity index (χ0n) is 14.1. The molecule has 0 atom stereocenters. The lowest BCUT2D eigenvalue weighted by molar-refractivity contribution is 0.102. The summed E-state index contributed by atoms with van der Waals surface area (Å²) in [5, 5.41) is 3.19. The minimum Gasteiger partial charge on any atom is -0.322 e. The molecule has 144 valence electrons. The largest absolute Gasteiger partial charge is 0.322 e. The molecule has 9 heteroatoms. The van der Waals surface area contributed by atoms with Crippen LogP contribution in [0.5, 0.6) is 0 Å². The van der Waals surface area contributed by atoms with Crippen LogP contribution >= 0.6 is 43.5 Å². The van der Waals surface area contributed by atoms with Gasteiger partial charge < -0.3 is 5.32 Å². The molecule has 28 heavy (non-hydrogen) atoms. The van der Waals surface area contributed by atoms with Crippen molar-refractivity contribution in [2.45, 2.75) is 4.90 Å². The molecule has 0 unspecified atom stereocenters. The SMILES string of the molecule is O=C(Nc1ccc(Br)cc1)c1cc(Br)ccc1S(=O)(=O)Nc1ccc(Cl)cc1. The van der Waals surface area contributed by atoms with Gasteiger partial charge in [0, 0.05) is 25.3 Å². The quantitative estimate of drug-likeness (QED) is 0.419. The second-order valence-corrected chi connectivity index (χ2v) is 9.63. The minimum absolute atomic E-state index is 0.0127. The summed E-state index contributed by atoms with van der Waals surface area (Å²) >= 11 is 12.4. The van der Waals surface area contributed by atoms with E-state index in [4.69, 9.17) is 11.6 Å². The second-order valence-electron chi connectivity index (χ2n) is 5.71. The normalized spacial score (nSPS) is 11.1. The molecular formula is C19H13Br2ClN2O3S. The Morgan fingerprint density at radius 1 is 0.821 bits per heavy atom. The number of carbonyl (C=O) groups excluding carboxylic acids is 1. The number of benzene rings is 3. The minimum atomic E-state index is -4.00. The van der Waals surface area contributed by atoms with Crippen molar-refractivity contribution in [1.29, 1.82) is 0 Å². The number of sulfonamides is 1. The third kappa shape index (κ3) is 5.14. The molecule has 0 saturated heterocycles. The molecule has 0 aliphatic carbocycles. The van der Waals surface area contributed by atoms with Crippen molar-refractivity contribution >= 4 is 70.8 Å². The van der Waals surface area contributed by atoms with E-state index in [9.17, 15) is 13.2 Å². The summed E-state index contributed by atoms with van der Waals surface area (Å²) in [6.07, 6.45) is 0. The summed E-state index contributed by atoms with van der Waals surface area (Å²) in [6, 6.07) is 17.6. The Hall–Kier alpha value is -1.87. The monoisotopic (exact) mass is 542 g/mol. The number of anilines is 2. The van der Waals surface area contributed by atoms with Crippen LogP contribution < -0.4 is 10.0 Å². The highest BCUT2D eigenvalue weighted by atomic mass is 79.9. The van der Waals surface area contributed by atoms with Crippen LogP contribution in [-0.4, -0.2) is 14.3 Å². The van der Waals surface area contributed by atoms with Crippen LogP contribution in [0.25, 0.3) is 0 Å². The van der Waals surface area contributed by atoms with Crippen LogP contribution in [0.4, 0.5) is 11.4 Å². The van der Waals surface area contributed by atoms with Crippen LogP contribution in [0.2, 0.25) is 5.02 Å². The van der Waals surface area contributed by atoms with Crippen LogP contribution in [0.1, 0.15) is 10.4 Å². The molecule has 5 nitrogen and oxygen atoms in total. The maximum atomic E-state index is 12.9. The van der Waals surface area contributed by atoms with Gasteiger partial charge in [0.1, 0.15) is 4.90 Å². The first-order valence-electron chi connectivity index (χ1n) is 7.89. The summed E-state index contributed by atoms with van der Waals surface area (Å²) in [4.78, 5) is 12.6. The van der Waals surface area contributed by atoms with Crippen molar-refractivity contribution in [2.24, 2.45) is 0 Å². The fourth-order valence-electron chi connectivity index (χ4n) is 2.37. The van der Waals surface area contributed by atoms with Gasteiger partial charge in [0.2, 0.25) is 0 Å². The van der Waals surface area contributed by atoms with Crippen molar-refractivity contribution in [3.05, 3.63) is 86.3 Å². The Labute approximate surface area is 184 Å². The van der Waals surface area contributed by atoms with E-state index >= 15 is 0 Å². The molecule has 0 heterocycles. The van der Waals surface area contributed by atoms with Gasteiger partial charge in [-0.05, 0) is 66.7 Å². The number of hydrogen-bond donors (Lipinski definition) is 2. The highest BCUT2D eigenvalue weighted by molar-refractivity contribution is 9.10. The Morgan fingerprint density at radius 3 is 2.04 bits per heavy atom. The standard InChI is InChI=1S/C19H13Br2ClN2O3S/c20-12-1-6-15(7-2-12)23-19(25)17-11-13(21)3-10-18(17)28(26,27)24-16-8-4-14(22)5-9-16/h1-11,24H,(H,23,25). The average Bonchev–Trinajstić information content (AvgIpc) is 2.65. The Kier molecular flexibility index (Phi) is 6.44. The van der Waals surface area contributed by atoms with Gasteiger partial charge in [-0.1, -0.05) is 43.5 Å². The second kappa shape index (κ2) is 8.65. The van der Waals surface area contributed by atoms with E-state index in [1.165, 1.54) is 12.1 Å². The fraction of sp³-hybridized carbons (Fsp3) is 0. The first kappa shape index (κ1) is 20.9. The van der Waals surface area contributed by atoms with Crippen LogP contribution in [0.3, 0.4) is 0 Å². The summed E-state index contributed by atoms with van der Waals surface area (Å²) in [5.41, 5.74) is 0.896. The maximum absolute atomic E-state index is 12.9. The first-order valence-corrected chi connectivity index (χ1v) is 11.3. The molecule has 0 aliphatic heterocycles. The highest BCUT2D eigenvalue weighted by Crippen LogP contribution is 2.25. The van der Waals surface area contributed by atoms with Crippen molar-refractivity contribution in [2.75, 3.05) is 10.0 Å². The highest BCUT2D eigenvalue weighted by Gasteiger charge is 2.23. The van der Waals surface area contributed by atoms with Crippen molar-refractivity contribution in [1.82, 2.24) is 0 Å². The van der Waals surface area contributed by atoms with Gasteiger partial charge in [-0.15, -0.1) is 0 Å². The molecule has 2 N–H and O–H groups in total. The zero-order chi connectivity index (χ0) is 20.3. The average molecular weight is 545 g/mol. The van der Waals surface area contributed by atoms with Gasteiger partial charge in [0.25, 0.3) is 15.9 Å². The Balaban J connectivity index is 1.94. The lowest BCUT2D eigenvalue weighted by Gasteiger charge is -2.13. The van der Waals surface area contributed by atoms with Gasteiger partial charge in [0.15, 0.2) is 0 Å². The molecule has 0 saturated carbocycles. The van der Waals surface area contributed by atoms with Crippen molar-refractivity contribution in [3.63, 3.8) is 0 Å². The fourth-order valence-corrected chi connectivity index (χ4v) is 4.37. The molecule has 0 spiro atoms. The predicted octanol–water partition coefficient (Wildman–Crippen LogP) is 5.92. The molecule has 3 aromatic rings. The Bertz CT molecular complexity index is 1120. The van der Waals surface area contributed by atoms with Crippen LogP contribution in [0.15, 0.2) is 80.6 Å². The number of halogens is 3. The van der Waals surface area contributed by atoms with Crippen LogP contribution in [-0.2, 0) is 10.0 Å². The molecule has 0 fully saturated rings. The predicted molar refractivity (Wildman–Crippen MR) is 118 cm³/mol. The van der Waals surface area contributed by atoms with Gasteiger partial charge >= 0.3 is 0 Å². The number of hydrogen-bond acceptors (Lipinski definition) is 3. The molecule has 0 radical (unpaired) electrons. The maximum Gasteiger partial charge on any atom is 0.262 e. The van der Waals surface area contributed by atoms with E-state index in [-0.39, 0.29) is 10.5 Å². The molecule has 0 aromatic heterocycles. The molecule has 3 aromatic carbocycles. The van der Waals surface area contributed by atoms with E-state index in [2.05, 4.69) is 41.9 Å². The van der Waals surface area contributed by atoms with Crippen molar-refractivity contribution < 1.29 is 13.2 Å². The van der Waals surface area contributed by atoms with Crippen molar-refractivity contribution in [3.8, 4) is 0 Å². The summed E-state index contributed by atoms with van der Waals surface area (Å²) in [7, 11) is -4.00. The summed E-state index contributed by atoms with van der Waals surface area (Å²) < 4.78 is 29.7. The van der Waals surface area contributed by atoms with Crippen LogP contribution in [0, 0.1) is 0 Å².